The molecule has 0 saturated heterocycles. The van der Waals surface area contributed by atoms with E-state index in [4.69, 9.17) is 4.74 Å². The Balaban J connectivity index is 2.01. The maximum atomic E-state index is 12.1. The molecule has 0 aromatic heterocycles. The molecule has 5 heteroatoms. The molecule has 2 N–H and O–H groups in total. The quantitative estimate of drug-likeness (QED) is 0.836. The standard InChI is InChI=1S/C16H21N3O2/c1-21-14-8-6-7-13(11-14)18-15(20)19-16(12-17)9-4-2-3-5-10-16/h6-8,11H,2-5,9-10H2,1H3,(H2,18,19,20). The molecule has 0 atom stereocenters. The zero-order chi connectivity index (χ0) is 15.1. The van der Waals surface area contributed by atoms with E-state index < -0.39 is 5.54 Å². The predicted molar refractivity (Wildman–Crippen MR) is 81.2 cm³/mol. The van der Waals surface area contributed by atoms with Crippen LogP contribution in [0.2, 0.25) is 0 Å². The summed E-state index contributed by atoms with van der Waals surface area (Å²) in [5, 5.41) is 15.1. The van der Waals surface area contributed by atoms with E-state index in [0.29, 0.717) is 11.4 Å². The first-order valence-corrected chi connectivity index (χ1v) is 7.32. The van der Waals surface area contributed by atoms with Gasteiger partial charge in [-0.3, -0.25) is 0 Å². The lowest BCUT2D eigenvalue weighted by Crippen LogP contribution is -2.48. The van der Waals surface area contributed by atoms with Crippen LogP contribution in [0.4, 0.5) is 10.5 Å². The molecule has 1 aliphatic carbocycles. The first kappa shape index (κ1) is 15.2. The van der Waals surface area contributed by atoms with E-state index in [1.807, 2.05) is 6.07 Å². The molecular formula is C16H21N3O2. The summed E-state index contributed by atoms with van der Waals surface area (Å²) in [5.74, 6) is 0.678. The lowest BCUT2D eigenvalue weighted by Gasteiger charge is -2.26. The summed E-state index contributed by atoms with van der Waals surface area (Å²) in [6.07, 6.45) is 5.65. The summed E-state index contributed by atoms with van der Waals surface area (Å²) < 4.78 is 5.12. The Morgan fingerprint density at radius 2 is 2.00 bits per heavy atom. The van der Waals surface area contributed by atoms with Crippen molar-refractivity contribution in [1.82, 2.24) is 5.32 Å². The molecule has 0 aliphatic heterocycles. The Bertz CT molecular complexity index is 529. The molecule has 0 heterocycles. The topological polar surface area (TPSA) is 74.2 Å². The Morgan fingerprint density at radius 3 is 2.62 bits per heavy atom. The number of ether oxygens (including phenoxy) is 1. The van der Waals surface area contributed by atoms with Gasteiger partial charge in [0.1, 0.15) is 11.3 Å². The Hall–Kier alpha value is -2.22. The van der Waals surface area contributed by atoms with E-state index >= 15 is 0 Å². The number of methoxy groups -OCH3 is 1. The SMILES string of the molecule is COc1cccc(NC(=O)NC2(C#N)CCCCCC2)c1. The third-order valence-electron chi connectivity index (χ3n) is 3.85. The summed E-state index contributed by atoms with van der Waals surface area (Å²) in [6.45, 7) is 0. The molecule has 2 amide bonds. The van der Waals surface area contributed by atoms with Crippen LogP contribution in [0.25, 0.3) is 0 Å². The zero-order valence-electron chi connectivity index (χ0n) is 12.3. The molecule has 0 bridgehead atoms. The molecule has 1 fully saturated rings. The summed E-state index contributed by atoms with van der Waals surface area (Å²) in [5.41, 5.74) is -0.0898. The van der Waals surface area contributed by atoms with Crippen molar-refractivity contribution in [3.8, 4) is 11.8 Å². The van der Waals surface area contributed by atoms with Crippen LogP contribution in [-0.4, -0.2) is 18.7 Å². The second-order valence-electron chi connectivity index (χ2n) is 5.42. The molecule has 5 nitrogen and oxygen atoms in total. The Kier molecular flexibility index (Phi) is 5.04. The number of benzene rings is 1. The summed E-state index contributed by atoms with van der Waals surface area (Å²) in [4.78, 5) is 12.1. The average molecular weight is 287 g/mol. The van der Waals surface area contributed by atoms with Crippen LogP contribution in [0.1, 0.15) is 38.5 Å². The molecule has 112 valence electrons. The minimum Gasteiger partial charge on any atom is -0.497 e. The van der Waals surface area contributed by atoms with E-state index in [-0.39, 0.29) is 6.03 Å². The van der Waals surface area contributed by atoms with Crippen molar-refractivity contribution in [2.75, 3.05) is 12.4 Å². The highest BCUT2D eigenvalue weighted by Gasteiger charge is 2.32. The van der Waals surface area contributed by atoms with Crippen molar-refractivity contribution in [1.29, 1.82) is 5.26 Å². The van der Waals surface area contributed by atoms with Crippen molar-refractivity contribution in [2.24, 2.45) is 0 Å². The van der Waals surface area contributed by atoms with Gasteiger partial charge in [0, 0.05) is 11.8 Å². The summed E-state index contributed by atoms with van der Waals surface area (Å²) in [7, 11) is 1.58. The number of urea groups is 1. The number of carbonyl (C=O) groups is 1. The highest BCUT2D eigenvalue weighted by atomic mass is 16.5. The van der Waals surface area contributed by atoms with Crippen LogP contribution < -0.4 is 15.4 Å². The second kappa shape index (κ2) is 6.98. The van der Waals surface area contributed by atoms with Crippen molar-refractivity contribution >= 4 is 11.7 Å². The highest BCUT2D eigenvalue weighted by molar-refractivity contribution is 5.90. The predicted octanol–water partition coefficient (Wildman–Crippen LogP) is 3.43. The number of nitrogens with zero attached hydrogens (tertiary/aromatic N) is 1. The number of carbonyl (C=O) groups excluding carboxylic acids is 1. The van der Waals surface area contributed by atoms with Gasteiger partial charge < -0.3 is 15.4 Å². The Labute approximate surface area is 125 Å². The average Bonchev–Trinajstić information content (AvgIpc) is 2.73. The number of amides is 2. The fraction of sp³-hybridized carbons (Fsp3) is 0.500. The third-order valence-corrected chi connectivity index (χ3v) is 3.85. The van der Waals surface area contributed by atoms with Crippen molar-refractivity contribution in [3.63, 3.8) is 0 Å². The lowest BCUT2D eigenvalue weighted by molar-refractivity contribution is 0.240. The van der Waals surface area contributed by atoms with Crippen LogP contribution in [0.3, 0.4) is 0 Å². The van der Waals surface area contributed by atoms with Crippen molar-refractivity contribution in [2.45, 2.75) is 44.1 Å². The van der Waals surface area contributed by atoms with Crippen LogP contribution in [0, 0.1) is 11.3 Å². The molecule has 21 heavy (non-hydrogen) atoms. The third kappa shape index (κ3) is 4.12. The van der Waals surface area contributed by atoms with Gasteiger partial charge in [0.05, 0.1) is 13.2 Å². The van der Waals surface area contributed by atoms with Gasteiger partial charge in [-0.15, -0.1) is 0 Å². The molecule has 0 radical (unpaired) electrons. The molecule has 1 saturated carbocycles. The minimum atomic E-state index is -0.737. The normalized spacial score (nSPS) is 17.1. The molecule has 1 aliphatic rings. The van der Waals surface area contributed by atoms with Gasteiger partial charge in [0.2, 0.25) is 0 Å². The van der Waals surface area contributed by atoms with E-state index in [1.54, 1.807) is 25.3 Å². The fourth-order valence-electron chi connectivity index (χ4n) is 2.68. The van der Waals surface area contributed by atoms with Crippen LogP contribution >= 0.6 is 0 Å². The van der Waals surface area contributed by atoms with Crippen LogP contribution in [0.5, 0.6) is 5.75 Å². The molecular weight excluding hydrogens is 266 g/mol. The first-order valence-electron chi connectivity index (χ1n) is 7.32. The van der Waals surface area contributed by atoms with E-state index in [9.17, 15) is 10.1 Å². The largest absolute Gasteiger partial charge is 0.497 e. The van der Waals surface area contributed by atoms with Crippen molar-refractivity contribution in [3.05, 3.63) is 24.3 Å². The fourth-order valence-corrected chi connectivity index (χ4v) is 2.68. The number of nitriles is 1. The van der Waals surface area contributed by atoms with Gasteiger partial charge in [0.25, 0.3) is 0 Å². The number of nitrogens with one attached hydrogen (secondary N) is 2. The number of rotatable bonds is 3. The van der Waals surface area contributed by atoms with Gasteiger partial charge in [-0.1, -0.05) is 31.7 Å². The van der Waals surface area contributed by atoms with Gasteiger partial charge >= 0.3 is 6.03 Å². The monoisotopic (exact) mass is 287 g/mol. The van der Waals surface area contributed by atoms with Crippen LogP contribution in [0.15, 0.2) is 24.3 Å². The number of hydrogen-bond acceptors (Lipinski definition) is 3. The maximum absolute atomic E-state index is 12.1. The van der Waals surface area contributed by atoms with Gasteiger partial charge in [-0.2, -0.15) is 5.26 Å². The van der Waals surface area contributed by atoms with E-state index in [2.05, 4.69) is 16.7 Å². The van der Waals surface area contributed by atoms with Gasteiger partial charge in [-0.25, -0.2) is 4.79 Å². The zero-order valence-corrected chi connectivity index (χ0v) is 12.3. The molecule has 1 aromatic carbocycles. The second-order valence-corrected chi connectivity index (χ2v) is 5.42. The van der Waals surface area contributed by atoms with E-state index in [1.165, 1.54) is 0 Å². The maximum Gasteiger partial charge on any atom is 0.320 e. The lowest BCUT2D eigenvalue weighted by atomic mass is 9.92. The number of anilines is 1. The van der Waals surface area contributed by atoms with Crippen molar-refractivity contribution < 1.29 is 9.53 Å². The molecule has 0 unspecified atom stereocenters. The van der Waals surface area contributed by atoms with E-state index in [0.717, 1.165) is 38.5 Å². The minimum absolute atomic E-state index is 0.341. The van der Waals surface area contributed by atoms with Crippen LogP contribution in [-0.2, 0) is 0 Å². The van der Waals surface area contributed by atoms with Gasteiger partial charge in [-0.05, 0) is 25.0 Å². The molecule has 1 aromatic rings. The Morgan fingerprint density at radius 1 is 1.29 bits per heavy atom. The molecule has 0 spiro atoms. The summed E-state index contributed by atoms with van der Waals surface area (Å²) in [6, 6.07) is 9.10. The number of hydrogen-bond donors (Lipinski definition) is 2. The summed E-state index contributed by atoms with van der Waals surface area (Å²) >= 11 is 0. The molecule has 2 rings (SSSR count). The first-order chi connectivity index (χ1) is 10.2. The smallest absolute Gasteiger partial charge is 0.320 e. The highest BCUT2D eigenvalue weighted by Crippen LogP contribution is 2.26. The van der Waals surface area contributed by atoms with Gasteiger partial charge in [0.15, 0.2) is 0 Å².